The normalized spacial score (nSPS) is 12.1. The maximum absolute atomic E-state index is 13.0. The Labute approximate surface area is 235 Å². The van der Waals surface area contributed by atoms with Gasteiger partial charge in [-0.1, -0.05) is 17.8 Å². The van der Waals surface area contributed by atoms with E-state index >= 15 is 0 Å². The first kappa shape index (κ1) is 24.9. The Balaban J connectivity index is 1.24. The molecule has 4 heterocycles. The van der Waals surface area contributed by atoms with Crippen LogP contribution >= 0.6 is 45.3 Å². The summed E-state index contributed by atoms with van der Waals surface area (Å²) in [5.74, 6) is 13.9. The number of aryl methyl sites for hydroxylation is 2. The molecule has 0 radical (unpaired) electrons. The van der Waals surface area contributed by atoms with Crippen molar-refractivity contribution in [2.24, 2.45) is 0 Å². The second kappa shape index (κ2) is 9.72. The van der Waals surface area contributed by atoms with Gasteiger partial charge in [-0.25, -0.2) is 0 Å². The number of ether oxygens (including phenoxy) is 2. The minimum atomic E-state index is -0.0828. The van der Waals surface area contributed by atoms with Gasteiger partial charge in [0, 0.05) is 38.1 Å². The van der Waals surface area contributed by atoms with Gasteiger partial charge in [0.1, 0.15) is 11.5 Å². The van der Waals surface area contributed by atoms with E-state index in [4.69, 9.17) is 9.47 Å². The van der Waals surface area contributed by atoms with Crippen LogP contribution in [0.25, 0.3) is 20.2 Å². The molecule has 38 heavy (non-hydrogen) atoms. The number of carbonyl (C=O) groups is 2. The first-order valence-corrected chi connectivity index (χ1v) is 15.0. The molecule has 0 atom stereocenters. The molecule has 4 nitrogen and oxygen atoms in total. The van der Waals surface area contributed by atoms with Gasteiger partial charge in [-0.3, -0.25) is 9.59 Å². The lowest BCUT2D eigenvalue weighted by Gasteiger charge is -2.08. The van der Waals surface area contributed by atoms with Crippen LogP contribution < -0.4 is 9.47 Å². The van der Waals surface area contributed by atoms with E-state index in [1.807, 2.05) is 6.07 Å². The van der Waals surface area contributed by atoms with Crippen molar-refractivity contribution < 1.29 is 19.1 Å². The molecule has 188 valence electrons. The highest BCUT2D eigenvalue weighted by atomic mass is 32.1. The summed E-state index contributed by atoms with van der Waals surface area (Å²) in [6.07, 6.45) is 1.30. The van der Waals surface area contributed by atoms with E-state index in [1.54, 1.807) is 49.9 Å². The van der Waals surface area contributed by atoms with Crippen molar-refractivity contribution in [1.82, 2.24) is 0 Å². The standard InChI is InChI=1S/C30H20O4S4/c1-5-8-16-12-19-23(31)28-20(24(32)27(19)36-16)13-17(37-28)9-6-7-10-18-14-22-26(34-4)29-21(11-15(2)35-29)25(33-3)30(22)38-18/h11-14H,6,9H2,1-4H3. The largest absolute Gasteiger partial charge is 0.495 e. The fourth-order valence-corrected chi connectivity index (χ4v) is 8.92. The van der Waals surface area contributed by atoms with Crippen molar-refractivity contribution in [3.05, 3.63) is 64.7 Å². The monoisotopic (exact) mass is 572 g/mol. The molecule has 0 fully saturated rings. The number of carbonyl (C=O) groups excluding carboxylic acids is 2. The Hall–Kier alpha value is -3.40. The summed E-state index contributed by atoms with van der Waals surface area (Å²) in [5, 5.41) is 2.08. The van der Waals surface area contributed by atoms with E-state index in [9.17, 15) is 9.59 Å². The Kier molecular flexibility index (Phi) is 6.37. The molecule has 0 saturated heterocycles. The predicted octanol–water partition coefficient (Wildman–Crippen LogP) is 7.70. The number of ketones is 2. The molecule has 0 unspecified atom stereocenters. The molecular weight excluding hydrogens is 553 g/mol. The van der Waals surface area contributed by atoms with Crippen LogP contribution in [0.2, 0.25) is 0 Å². The van der Waals surface area contributed by atoms with Crippen molar-refractivity contribution in [3.63, 3.8) is 0 Å². The zero-order chi connectivity index (χ0) is 26.6. The van der Waals surface area contributed by atoms with Crippen molar-refractivity contribution in [1.29, 1.82) is 0 Å². The molecular formula is C30H20O4S4. The molecule has 6 rings (SSSR count). The molecule has 0 amide bonds. The van der Waals surface area contributed by atoms with E-state index in [0.717, 1.165) is 46.3 Å². The van der Waals surface area contributed by atoms with Crippen molar-refractivity contribution >= 4 is 77.1 Å². The highest BCUT2D eigenvalue weighted by Crippen LogP contribution is 2.49. The van der Waals surface area contributed by atoms with Crippen molar-refractivity contribution in [3.8, 4) is 35.2 Å². The average Bonchev–Trinajstić information content (AvgIpc) is 3.68. The quantitative estimate of drug-likeness (QED) is 0.203. The lowest BCUT2D eigenvalue weighted by atomic mass is 9.95. The van der Waals surface area contributed by atoms with Gasteiger partial charge in [0.25, 0.3) is 0 Å². The van der Waals surface area contributed by atoms with E-state index in [-0.39, 0.29) is 11.6 Å². The minimum absolute atomic E-state index is 0.0828. The van der Waals surface area contributed by atoms with Crippen LogP contribution in [0.15, 0.2) is 24.3 Å². The van der Waals surface area contributed by atoms with Crippen LogP contribution in [0.3, 0.4) is 0 Å². The molecule has 0 saturated carbocycles. The molecule has 0 N–H and O–H groups in total. The summed E-state index contributed by atoms with van der Waals surface area (Å²) < 4.78 is 13.7. The number of benzene rings is 1. The van der Waals surface area contributed by atoms with Crippen LogP contribution in [0, 0.1) is 30.6 Å². The Morgan fingerprint density at radius 1 is 0.763 bits per heavy atom. The number of hydrogen-bond acceptors (Lipinski definition) is 8. The zero-order valence-electron chi connectivity index (χ0n) is 21.0. The third kappa shape index (κ3) is 3.97. The number of hydrogen-bond donors (Lipinski definition) is 0. The lowest BCUT2D eigenvalue weighted by molar-refractivity contribution is 0.0986. The third-order valence-electron chi connectivity index (χ3n) is 6.27. The Morgan fingerprint density at radius 3 is 2.11 bits per heavy atom. The highest BCUT2D eigenvalue weighted by molar-refractivity contribution is 7.22. The second-order valence-corrected chi connectivity index (χ2v) is 13.2. The first-order chi connectivity index (χ1) is 18.4. The molecule has 0 spiro atoms. The summed E-state index contributed by atoms with van der Waals surface area (Å²) in [5.41, 5.74) is 0.983. The van der Waals surface area contributed by atoms with Crippen LogP contribution in [0.4, 0.5) is 0 Å². The van der Waals surface area contributed by atoms with Gasteiger partial charge in [-0.05, 0) is 44.5 Å². The van der Waals surface area contributed by atoms with Gasteiger partial charge >= 0.3 is 0 Å². The number of methoxy groups -OCH3 is 2. The molecule has 8 heteroatoms. The van der Waals surface area contributed by atoms with Gasteiger partial charge in [-0.2, -0.15) is 0 Å². The molecule has 0 bridgehead atoms. The number of fused-ring (bicyclic) bond motifs is 4. The Bertz CT molecular complexity index is 1810. The van der Waals surface area contributed by atoms with E-state index in [2.05, 4.69) is 42.7 Å². The van der Waals surface area contributed by atoms with Gasteiger partial charge < -0.3 is 9.47 Å². The fraction of sp³-hybridized carbons (Fsp3) is 0.200. The van der Waals surface area contributed by atoms with Crippen molar-refractivity contribution in [2.75, 3.05) is 14.2 Å². The maximum atomic E-state index is 13.0. The van der Waals surface area contributed by atoms with E-state index in [1.165, 1.54) is 27.6 Å². The molecule has 1 aromatic carbocycles. The topological polar surface area (TPSA) is 52.6 Å². The highest BCUT2D eigenvalue weighted by Gasteiger charge is 2.34. The minimum Gasteiger partial charge on any atom is -0.495 e. The molecule has 0 aliphatic heterocycles. The molecule has 4 aromatic heterocycles. The van der Waals surface area contributed by atoms with Crippen LogP contribution in [0.5, 0.6) is 11.5 Å². The summed E-state index contributed by atoms with van der Waals surface area (Å²) in [4.78, 5) is 31.0. The van der Waals surface area contributed by atoms with Crippen LogP contribution in [0.1, 0.15) is 63.3 Å². The first-order valence-electron chi connectivity index (χ1n) is 11.8. The van der Waals surface area contributed by atoms with Crippen molar-refractivity contribution in [2.45, 2.75) is 26.7 Å². The van der Waals surface area contributed by atoms with E-state index in [0.29, 0.717) is 33.7 Å². The average molecular weight is 573 g/mol. The number of thiophene rings is 4. The third-order valence-corrected chi connectivity index (χ3v) is 10.6. The fourth-order valence-electron chi connectivity index (χ4n) is 4.69. The number of rotatable bonds is 4. The van der Waals surface area contributed by atoms with Gasteiger partial charge in [0.2, 0.25) is 11.6 Å². The van der Waals surface area contributed by atoms with Crippen LogP contribution in [-0.2, 0) is 6.42 Å². The van der Waals surface area contributed by atoms with Gasteiger partial charge in [0.15, 0.2) is 0 Å². The summed E-state index contributed by atoms with van der Waals surface area (Å²) in [6, 6.07) is 7.81. The Morgan fingerprint density at radius 2 is 1.39 bits per heavy atom. The summed E-state index contributed by atoms with van der Waals surface area (Å²) in [7, 11) is 3.40. The smallest absolute Gasteiger partial charge is 0.205 e. The molecule has 1 aliphatic rings. The van der Waals surface area contributed by atoms with E-state index < -0.39 is 0 Å². The van der Waals surface area contributed by atoms with Gasteiger partial charge in [0.05, 0.1) is 43.1 Å². The maximum Gasteiger partial charge on any atom is 0.205 e. The summed E-state index contributed by atoms with van der Waals surface area (Å²) >= 11 is 5.99. The van der Waals surface area contributed by atoms with Gasteiger partial charge in [-0.15, -0.1) is 51.3 Å². The SMILES string of the molecule is CC#Cc1cc2c(s1)C(=O)c1cc(CCC#Cc3cc4c(OC)c5sc(C)cc5c(OC)c4s3)sc1C2=O. The summed E-state index contributed by atoms with van der Waals surface area (Å²) in [6.45, 7) is 3.83. The predicted molar refractivity (Wildman–Crippen MR) is 158 cm³/mol. The molecule has 5 aromatic rings. The molecule has 1 aliphatic carbocycles. The zero-order valence-corrected chi connectivity index (χ0v) is 24.3. The second-order valence-electron chi connectivity index (χ2n) is 8.66. The lowest BCUT2D eigenvalue weighted by Crippen LogP contribution is -2.15. The van der Waals surface area contributed by atoms with Crippen LogP contribution in [-0.4, -0.2) is 25.8 Å².